The molecule has 1 aliphatic rings. The minimum absolute atomic E-state index is 0.322. The van der Waals surface area contributed by atoms with Crippen molar-refractivity contribution in [1.82, 2.24) is 5.32 Å². The van der Waals surface area contributed by atoms with Crippen LogP contribution in [0.1, 0.15) is 11.6 Å². The molecule has 0 saturated carbocycles. The average molecular weight is 346 g/mol. The monoisotopic (exact) mass is 346 g/mol. The van der Waals surface area contributed by atoms with Crippen LogP contribution in [0.25, 0.3) is 0 Å². The van der Waals surface area contributed by atoms with E-state index in [0.717, 1.165) is 6.54 Å². The van der Waals surface area contributed by atoms with Crippen molar-refractivity contribution in [2.24, 2.45) is 0 Å². The largest absolute Gasteiger partial charge is 0.473 e. The number of hydrogen-bond donors (Lipinski definition) is 4. The molecule has 0 radical (unpaired) electrons. The maximum absolute atomic E-state index is 9.10. The lowest BCUT2D eigenvalue weighted by molar-refractivity contribution is -0.159. The average Bonchev–Trinajstić information content (AvgIpc) is 2.72. The number of para-hydroxylation sites is 1. The molecule has 0 bridgehead atoms. The number of carboxylic acid groups (broad SMARTS) is 2. The van der Waals surface area contributed by atoms with Crippen LogP contribution >= 0.6 is 11.8 Å². The molecule has 0 amide bonds. The van der Waals surface area contributed by atoms with Crippen LogP contribution in [0.3, 0.4) is 0 Å². The summed E-state index contributed by atoms with van der Waals surface area (Å²) < 4.78 is 0. The van der Waals surface area contributed by atoms with Gasteiger partial charge in [0.05, 0.1) is 6.04 Å². The minimum Gasteiger partial charge on any atom is -0.473 e. The number of benzene rings is 2. The highest BCUT2D eigenvalue weighted by atomic mass is 32.2. The fourth-order valence-electron chi connectivity index (χ4n) is 2.29. The maximum atomic E-state index is 9.10. The Morgan fingerprint density at radius 1 is 1.04 bits per heavy atom. The molecule has 7 heteroatoms. The van der Waals surface area contributed by atoms with Crippen molar-refractivity contribution in [3.05, 3.63) is 54.1 Å². The van der Waals surface area contributed by atoms with Gasteiger partial charge in [-0.3, -0.25) is 0 Å². The Morgan fingerprint density at radius 3 is 2.25 bits per heavy atom. The maximum Gasteiger partial charge on any atom is 0.414 e. The summed E-state index contributed by atoms with van der Waals surface area (Å²) in [7, 11) is 1.99. The van der Waals surface area contributed by atoms with Gasteiger partial charge in [0.1, 0.15) is 0 Å². The van der Waals surface area contributed by atoms with Gasteiger partial charge in [0, 0.05) is 22.0 Å². The summed E-state index contributed by atoms with van der Waals surface area (Å²) in [6, 6.07) is 17.4. The Labute approximate surface area is 143 Å². The SMILES string of the molecule is CNCC1Nc2ccccc2Sc2ccccc21.O=C(O)C(=O)O. The van der Waals surface area contributed by atoms with Gasteiger partial charge >= 0.3 is 11.9 Å². The summed E-state index contributed by atoms with van der Waals surface area (Å²) in [4.78, 5) is 20.8. The molecule has 2 aromatic carbocycles. The number of likely N-dealkylation sites (N-methyl/N-ethyl adjacent to an activating group) is 1. The first-order chi connectivity index (χ1) is 11.5. The molecular weight excluding hydrogens is 328 g/mol. The molecule has 1 heterocycles. The zero-order valence-electron chi connectivity index (χ0n) is 13.0. The van der Waals surface area contributed by atoms with Gasteiger partial charge in [0.15, 0.2) is 0 Å². The molecule has 0 fully saturated rings. The van der Waals surface area contributed by atoms with E-state index < -0.39 is 11.9 Å². The zero-order valence-corrected chi connectivity index (χ0v) is 13.8. The van der Waals surface area contributed by atoms with Crippen LogP contribution in [0, 0.1) is 0 Å². The lowest BCUT2D eigenvalue weighted by atomic mass is 10.1. The molecule has 6 nitrogen and oxygen atoms in total. The van der Waals surface area contributed by atoms with Crippen LogP contribution in [0.15, 0.2) is 58.3 Å². The van der Waals surface area contributed by atoms with Gasteiger partial charge in [-0.05, 0) is 30.8 Å². The molecule has 1 unspecified atom stereocenters. The standard InChI is InChI=1S/C15H16N2S.C2H2O4/c1-16-10-13-11-6-2-4-8-14(11)18-15-9-5-3-7-12(15)17-13;3-1(4)2(5)6/h2-9,13,16-17H,10H2,1H3;(H,3,4)(H,5,6). The molecule has 24 heavy (non-hydrogen) atoms. The van der Waals surface area contributed by atoms with Crippen molar-refractivity contribution in [1.29, 1.82) is 0 Å². The molecule has 4 N–H and O–H groups in total. The fourth-order valence-corrected chi connectivity index (χ4v) is 3.38. The molecule has 2 aromatic rings. The number of aliphatic carboxylic acids is 2. The second kappa shape index (κ2) is 8.37. The van der Waals surface area contributed by atoms with E-state index in [9.17, 15) is 0 Å². The predicted octanol–water partition coefficient (Wildman–Crippen LogP) is 2.68. The van der Waals surface area contributed by atoms with Crippen LogP contribution < -0.4 is 10.6 Å². The number of fused-ring (bicyclic) bond motifs is 2. The lowest BCUT2D eigenvalue weighted by Crippen LogP contribution is -2.23. The third-order valence-electron chi connectivity index (χ3n) is 3.32. The van der Waals surface area contributed by atoms with Gasteiger partial charge in [-0.15, -0.1) is 0 Å². The van der Waals surface area contributed by atoms with Gasteiger partial charge in [-0.25, -0.2) is 9.59 Å². The van der Waals surface area contributed by atoms with E-state index in [1.54, 1.807) is 0 Å². The quantitative estimate of drug-likeness (QED) is 0.621. The molecule has 0 aliphatic carbocycles. The highest BCUT2D eigenvalue weighted by Crippen LogP contribution is 2.41. The smallest absolute Gasteiger partial charge is 0.414 e. The highest BCUT2D eigenvalue weighted by molar-refractivity contribution is 7.99. The summed E-state index contributed by atoms with van der Waals surface area (Å²) in [5.41, 5.74) is 2.59. The van der Waals surface area contributed by atoms with Crippen LogP contribution in [0.5, 0.6) is 0 Å². The van der Waals surface area contributed by atoms with Crippen LogP contribution in [0.2, 0.25) is 0 Å². The summed E-state index contributed by atoms with van der Waals surface area (Å²) in [6.45, 7) is 0.923. The van der Waals surface area contributed by atoms with E-state index in [1.165, 1.54) is 21.0 Å². The van der Waals surface area contributed by atoms with E-state index in [2.05, 4.69) is 59.2 Å². The van der Waals surface area contributed by atoms with Gasteiger partial charge in [0.2, 0.25) is 0 Å². The first kappa shape index (κ1) is 17.8. The third-order valence-corrected chi connectivity index (χ3v) is 4.49. The Bertz CT molecular complexity index is 724. The van der Waals surface area contributed by atoms with Gasteiger partial charge < -0.3 is 20.8 Å². The first-order valence-corrected chi connectivity index (χ1v) is 8.07. The summed E-state index contributed by atoms with van der Waals surface area (Å²) in [5, 5.41) is 21.7. The third kappa shape index (κ3) is 4.50. The second-order valence-electron chi connectivity index (χ2n) is 5.00. The molecule has 126 valence electrons. The molecular formula is C17H18N2O4S. The molecule has 0 saturated heterocycles. The normalized spacial score (nSPS) is 14.8. The van der Waals surface area contributed by atoms with E-state index in [4.69, 9.17) is 19.8 Å². The van der Waals surface area contributed by atoms with Gasteiger partial charge in [-0.1, -0.05) is 42.1 Å². The van der Waals surface area contributed by atoms with E-state index >= 15 is 0 Å². The molecule has 1 atom stereocenters. The summed E-state index contributed by atoms with van der Waals surface area (Å²) in [6.07, 6.45) is 0. The van der Waals surface area contributed by atoms with Crippen molar-refractivity contribution < 1.29 is 19.8 Å². The van der Waals surface area contributed by atoms with E-state index in [-0.39, 0.29) is 0 Å². The fraction of sp³-hybridized carbons (Fsp3) is 0.176. The first-order valence-electron chi connectivity index (χ1n) is 7.26. The van der Waals surface area contributed by atoms with Crippen molar-refractivity contribution in [3.8, 4) is 0 Å². The molecule has 1 aliphatic heterocycles. The topological polar surface area (TPSA) is 98.7 Å². The molecule has 3 rings (SSSR count). The van der Waals surface area contributed by atoms with Crippen molar-refractivity contribution in [2.75, 3.05) is 18.9 Å². The van der Waals surface area contributed by atoms with Gasteiger partial charge in [-0.2, -0.15) is 0 Å². The number of carbonyl (C=O) groups is 2. The molecule has 0 aromatic heterocycles. The Balaban J connectivity index is 0.000000301. The van der Waals surface area contributed by atoms with Crippen molar-refractivity contribution >= 4 is 29.4 Å². The van der Waals surface area contributed by atoms with Crippen LogP contribution in [0.4, 0.5) is 5.69 Å². The Kier molecular flexibility index (Phi) is 6.22. The second-order valence-corrected chi connectivity index (χ2v) is 6.08. The summed E-state index contributed by atoms with van der Waals surface area (Å²) in [5.74, 6) is -3.65. The number of carboxylic acids is 2. The Morgan fingerprint density at radius 2 is 1.62 bits per heavy atom. The number of nitrogens with one attached hydrogen (secondary N) is 2. The van der Waals surface area contributed by atoms with Crippen molar-refractivity contribution in [3.63, 3.8) is 0 Å². The minimum atomic E-state index is -1.82. The van der Waals surface area contributed by atoms with E-state index in [0.29, 0.717) is 6.04 Å². The molecule has 0 spiro atoms. The lowest BCUT2D eigenvalue weighted by Gasteiger charge is -2.19. The van der Waals surface area contributed by atoms with Crippen LogP contribution in [-0.2, 0) is 9.59 Å². The van der Waals surface area contributed by atoms with E-state index in [1.807, 2.05) is 18.8 Å². The summed E-state index contributed by atoms with van der Waals surface area (Å²) >= 11 is 1.84. The van der Waals surface area contributed by atoms with Gasteiger partial charge in [0.25, 0.3) is 0 Å². The Hall–Kier alpha value is -2.51. The number of anilines is 1. The van der Waals surface area contributed by atoms with Crippen molar-refractivity contribution in [2.45, 2.75) is 15.8 Å². The zero-order chi connectivity index (χ0) is 17.5. The predicted molar refractivity (Wildman–Crippen MR) is 92.6 cm³/mol. The number of hydrogen-bond acceptors (Lipinski definition) is 5. The highest BCUT2D eigenvalue weighted by Gasteiger charge is 2.20. The van der Waals surface area contributed by atoms with Crippen LogP contribution in [-0.4, -0.2) is 35.7 Å². The number of rotatable bonds is 2.